The monoisotopic (exact) mass is 387 g/mol. The molecule has 0 saturated carbocycles. The predicted octanol–water partition coefficient (Wildman–Crippen LogP) is 4.48. The van der Waals surface area contributed by atoms with Crippen molar-refractivity contribution in [2.24, 2.45) is 5.41 Å². The summed E-state index contributed by atoms with van der Waals surface area (Å²) < 4.78 is 26.7. The van der Waals surface area contributed by atoms with Crippen LogP contribution in [0.1, 0.15) is 63.0 Å². The van der Waals surface area contributed by atoms with Gasteiger partial charge in [0.05, 0.1) is 4.90 Å². The normalized spacial score (nSPS) is 26.9. The van der Waals surface area contributed by atoms with Crippen LogP contribution >= 0.6 is 0 Å². The van der Waals surface area contributed by atoms with Gasteiger partial charge in [-0.15, -0.1) is 0 Å². The Morgan fingerprint density at radius 2 is 1.85 bits per heavy atom. The molecule has 0 saturated heterocycles. The molecule has 1 unspecified atom stereocenters. The molecule has 0 spiro atoms. The van der Waals surface area contributed by atoms with Crippen LogP contribution in [0, 0.1) is 5.41 Å². The molecule has 3 N–H and O–H groups in total. The highest BCUT2D eigenvalue weighted by molar-refractivity contribution is 7.92. The van der Waals surface area contributed by atoms with Gasteiger partial charge in [-0.2, -0.15) is 0 Å². The molecule has 3 rings (SSSR count). The highest BCUT2D eigenvalue weighted by atomic mass is 32.2. The largest absolute Gasteiger partial charge is 0.399 e. The molecule has 1 heterocycles. The van der Waals surface area contributed by atoms with Crippen molar-refractivity contribution in [3.05, 3.63) is 59.7 Å². The summed E-state index contributed by atoms with van der Waals surface area (Å²) in [4.78, 5) is 0.213. The van der Waals surface area contributed by atoms with E-state index in [1.165, 1.54) is 0 Å². The Morgan fingerprint density at radius 1 is 1.15 bits per heavy atom. The fourth-order valence-corrected chi connectivity index (χ4v) is 6.46. The number of unbranched alkanes of at least 4 members (excludes halogenated alkanes) is 1. The van der Waals surface area contributed by atoms with Crippen LogP contribution in [-0.4, -0.2) is 19.0 Å². The third-order valence-electron chi connectivity index (χ3n) is 6.08. The average Bonchev–Trinajstić information content (AvgIpc) is 2.74. The SMILES string of the molecule is CCCC[C@@]1(CC)C[C@H](c2ccccc2)c2cc(N)ccc2S(=O)(=O)C1O. The van der Waals surface area contributed by atoms with Crippen molar-refractivity contribution < 1.29 is 13.5 Å². The fourth-order valence-electron chi connectivity index (χ4n) is 4.40. The van der Waals surface area contributed by atoms with Gasteiger partial charge in [-0.05, 0) is 48.6 Å². The van der Waals surface area contributed by atoms with Crippen LogP contribution < -0.4 is 5.73 Å². The minimum absolute atomic E-state index is 0.117. The summed E-state index contributed by atoms with van der Waals surface area (Å²) in [6.07, 6.45) is 3.74. The number of nitrogen functional groups attached to an aromatic ring is 1. The summed E-state index contributed by atoms with van der Waals surface area (Å²) in [6.45, 7) is 4.08. The molecule has 27 heavy (non-hydrogen) atoms. The van der Waals surface area contributed by atoms with E-state index >= 15 is 0 Å². The molecule has 1 aliphatic heterocycles. The smallest absolute Gasteiger partial charge is 0.205 e. The second-order valence-electron chi connectivity index (χ2n) is 7.68. The maximum Gasteiger partial charge on any atom is 0.205 e. The van der Waals surface area contributed by atoms with Crippen LogP contribution in [0.5, 0.6) is 0 Å². The number of rotatable bonds is 5. The Labute approximate surface area is 162 Å². The van der Waals surface area contributed by atoms with Crippen LogP contribution in [0.3, 0.4) is 0 Å². The zero-order valence-electron chi connectivity index (χ0n) is 16.1. The molecule has 4 nitrogen and oxygen atoms in total. The van der Waals surface area contributed by atoms with Crippen molar-refractivity contribution in [1.82, 2.24) is 0 Å². The molecule has 0 bridgehead atoms. The van der Waals surface area contributed by atoms with Crippen molar-refractivity contribution in [2.45, 2.75) is 62.2 Å². The van der Waals surface area contributed by atoms with Crippen molar-refractivity contribution >= 4 is 15.5 Å². The molecule has 146 valence electrons. The topological polar surface area (TPSA) is 80.4 Å². The van der Waals surface area contributed by atoms with Crippen LogP contribution in [-0.2, 0) is 9.84 Å². The van der Waals surface area contributed by atoms with E-state index in [4.69, 9.17) is 5.73 Å². The fraction of sp³-hybridized carbons (Fsp3) is 0.455. The predicted molar refractivity (Wildman–Crippen MR) is 109 cm³/mol. The quantitative estimate of drug-likeness (QED) is 0.741. The third kappa shape index (κ3) is 3.50. The molecule has 2 aromatic rings. The Hall–Kier alpha value is -1.85. The van der Waals surface area contributed by atoms with Gasteiger partial charge in [0.2, 0.25) is 9.84 Å². The van der Waals surface area contributed by atoms with Crippen molar-refractivity contribution in [3.63, 3.8) is 0 Å². The summed E-state index contributed by atoms with van der Waals surface area (Å²) >= 11 is 0. The summed E-state index contributed by atoms with van der Waals surface area (Å²) in [5, 5.41) is 11.1. The molecule has 2 aromatic carbocycles. The molecule has 5 heteroatoms. The first-order valence-corrected chi connectivity index (χ1v) is 11.3. The molecule has 0 fully saturated rings. The first kappa shape index (κ1) is 19.9. The number of hydrogen-bond acceptors (Lipinski definition) is 4. The zero-order valence-corrected chi connectivity index (χ0v) is 16.9. The van der Waals surface area contributed by atoms with Gasteiger partial charge < -0.3 is 10.8 Å². The summed E-state index contributed by atoms with van der Waals surface area (Å²) in [7, 11) is -3.87. The van der Waals surface area contributed by atoms with E-state index in [0.717, 1.165) is 18.4 Å². The van der Waals surface area contributed by atoms with Gasteiger partial charge in [0.1, 0.15) is 0 Å². The average molecular weight is 388 g/mol. The number of sulfone groups is 1. The summed E-state index contributed by atoms with van der Waals surface area (Å²) in [6, 6.07) is 14.9. The van der Waals surface area contributed by atoms with Gasteiger partial charge in [-0.3, -0.25) is 0 Å². The van der Waals surface area contributed by atoms with Gasteiger partial charge in [0.25, 0.3) is 0 Å². The summed E-state index contributed by atoms with van der Waals surface area (Å²) in [5.41, 5.74) is 6.24. The summed E-state index contributed by atoms with van der Waals surface area (Å²) in [5.74, 6) is -0.117. The zero-order chi connectivity index (χ0) is 19.7. The highest BCUT2D eigenvalue weighted by Crippen LogP contribution is 2.51. The lowest BCUT2D eigenvalue weighted by molar-refractivity contribution is 0.0607. The van der Waals surface area contributed by atoms with E-state index in [-0.39, 0.29) is 10.8 Å². The molecule has 1 aliphatic rings. The van der Waals surface area contributed by atoms with Crippen LogP contribution in [0.15, 0.2) is 53.4 Å². The lowest BCUT2D eigenvalue weighted by atomic mass is 9.70. The van der Waals surface area contributed by atoms with Gasteiger partial charge in [-0.1, -0.05) is 57.0 Å². The number of fused-ring (bicyclic) bond motifs is 1. The van der Waals surface area contributed by atoms with E-state index < -0.39 is 20.7 Å². The van der Waals surface area contributed by atoms with E-state index in [1.807, 2.05) is 37.3 Å². The van der Waals surface area contributed by atoms with Gasteiger partial charge in [-0.25, -0.2) is 8.42 Å². The van der Waals surface area contributed by atoms with Crippen LogP contribution in [0.4, 0.5) is 5.69 Å². The maximum atomic E-state index is 13.4. The molecular weight excluding hydrogens is 358 g/mol. The first-order valence-electron chi connectivity index (χ1n) is 9.72. The standard InChI is InChI=1S/C22H29NO3S/c1-3-5-13-22(4-2)15-19(16-9-7-6-8-10-16)18-14-17(23)11-12-20(18)27(25,26)21(22)24/h6-12,14,19,21,24H,3-5,13,15,23H2,1-2H3/t19-,21?,22+/m1/s1. The number of aliphatic hydroxyl groups is 1. The molecule has 3 atom stereocenters. The number of aliphatic hydroxyl groups excluding tert-OH is 1. The molecule has 0 aliphatic carbocycles. The Kier molecular flexibility index (Phi) is 5.63. The second-order valence-corrected chi connectivity index (χ2v) is 9.66. The minimum atomic E-state index is -3.87. The second kappa shape index (κ2) is 7.64. The van der Waals surface area contributed by atoms with Crippen molar-refractivity contribution in [2.75, 3.05) is 5.73 Å². The third-order valence-corrected chi connectivity index (χ3v) is 8.15. The lowest BCUT2D eigenvalue weighted by Gasteiger charge is -2.37. The van der Waals surface area contributed by atoms with Crippen LogP contribution in [0.25, 0.3) is 0 Å². The van der Waals surface area contributed by atoms with Crippen molar-refractivity contribution in [3.8, 4) is 0 Å². The Balaban J connectivity index is 2.27. The van der Waals surface area contributed by atoms with Gasteiger partial charge in [0, 0.05) is 17.0 Å². The Bertz CT molecular complexity index is 895. The van der Waals surface area contributed by atoms with E-state index in [0.29, 0.717) is 30.5 Å². The molecule has 0 amide bonds. The van der Waals surface area contributed by atoms with Gasteiger partial charge >= 0.3 is 0 Å². The number of benzene rings is 2. The number of nitrogens with two attached hydrogens (primary N) is 1. The van der Waals surface area contributed by atoms with Gasteiger partial charge in [0.15, 0.2) is 5.44 Å². The maximum absolute atomic E-state index is 13.4. The van der Waals surface area contributed by atoms with E-state index in [1.54, 1.807) is 18.2 Å². The van der Waals surface area contributed by atoms with Crippen molar-refractivity contribution in [1.29, 1.82) is 0 Å². The Morgan fingerprint density at radius 3 is 2.48 bits per heavy atom. The van der Waals surface area contributed by atoms with E-state index in [2.05, 4.69) is 6.92 Å². The molecular formula is C22H29NO3S. The highest BCUT2D eigenvalue weighted by Gasteiger charge is 2.49. The molecule has 0 aromatic heterocycles. The van der Waals surface area contributed by atoms with Crippen LogP contribution in [0.2, 0.25) is 0 Å². The number of anilines is 1. The van der Waals surface area contributed by atoms with E-state index in [9.17, 15) is 13.5 Å². The molecule has 0 radical (unpaired) electrons. The minimum Gasteiger partial charge on any atom is -0.399 e. The lowest BCUT2D eigenvalue weighted by Crippen LogP contribution is -2.40. The number of hydrogen-bond donors (Lipinski definition) is 2. The first-order chi connectivity index (χ1) is 12.9.